The summed E-state index contributed by atoms with van der Waals surface area (Å²) in [6.45, 7) is -0.0586. The minimum atomic E-state index is -0.0586. The van der Waals surface area contributed by atoms with E-state index in [0.29, 0.717) is 15.6 Å². The van der Waals surface area contributed by atoms with E-state index in [0.717, 1.165) is 0 Å². The van der Waals surface area contributed by atoms with Gasteiger partial charge in [0.2, 0.25) is 0 Å². The normalized spacial score (nSPS) is 9.90. The molecule has 0 spiro atoms. The van der Waals surface area contributed by atoms with E-state index in [1.807, 2.05) is 0 Å². The van der Waals surface area contributed by atoms with Crippen molar-refractivity contribution >= 4 is 23.2 Å². The van der Waals surface area contributed by atoms with Gasteiger partial charge in [0, 0.05) is 6.07 Å². The van der Waals surface area contributed by atoms with Crippen molar-refractivity contribution in [2.75, 3.05) is 0 Å². The monoisotopic (exact) mass is 175 g/mol. The van der Waals surface area contributed by atoms with Gasteiger partial charge in [0.15, 0.2) is 0 Å². The second-order valence-electron chi connectivity index (χ2n) is 1.80. The lowest BCUT2D eigenvalue weighted by atomic mass is 10.2. The molecule has 0 saturated heterocycles. The van der Waals surface area contributed by atoms with E-state index in [4.69, 9.17) is 28.3 Å². The third-order valence-electron chi connectivity index (χ3n) is 1.08. The van der Waals surface area contributed by atoms with Crippen LogP contribution in [0.2, 0.25) is 10.0 Å². The topological polar surface area (TPSA) is 20.2 Å². The molecule has 10 heavy (non-hydrogen) atoms. The van der Waals surface area contributed by atoms with Crippen molar-refractivity contribution in [3.63, 3.8) is 0 Å². The van der Waals surface area contributed by atoms with Crippen molar-refractivity contribution in [1.29, 1.82) is 0 Å². The van der Waals surface area contributed by atoms with Crippen LogP contribution in [0.15, 0.2) is 12.1 Å². The summed E-state index contributed by atoms with van der Waals surface area (Å²) >= 11 is 11.2. The molecule has 1 nitrogen and oxygen atoms in total. The summed E-state index contributed by atoms with van der Waals surface area (Å²) in [4.78, 5) is 0. The van der Waals surface area contributed by atoms with E-state index in [1.165, 1.54) is 0 Å². The summed E-state index contributed by atoms with van der Waals surface area (Å²) in [5.41, 5.74) is 0.648. The highest BCUT2D eigenvalue weighted by Crippen LogP contribution is 2.21. The average molecular weight is 176 g/mol. The first kappa shape index (κ1) is 7.86. The fraction of sp³-hybridized carbons (Fsp3) is 0.143. The summed E-state index contributed by atoms with van der Waals surface area (Å²) in [7, 11) is 0. The van der Waals surface area contributed by atoms with Gasteiger partial charge in [-0.15, -0.1) is 0 Å². The summed E-state index contributed by atoms with van der Waals surface area (Å²) in [6, 6.07) is 6.01. The Morgan fingerprint density at radius 2 is 2.10 bits per heavy atom. The highest BCUT2D eigenvalue weighted by Gasteiger charge is 1.97. The van der Waals surface area contributed by atoms with Gasteiger partial charge in [-0.2, -0.15) is 0 Å². The van der Waals surface area contributed by atoms with Crippen LogP contribution in [0.3, 0.4) is 0 Å². The van der Waals surface area contributed by atoms with Gasteiger partial charge in [0.05, 0.1) is 16.7 Å². The standard InChI is InChI=1S/C7H5Cl2O/c8-6-2-1-5(4-10)3-7(6)9/h1-2,10H,4H2. The Kier molecular flexibility index (Phi) is 2.55. The smallest absolute Gasteiger partial charge is 0.0688 e. The first-order valence-electron chi connectivity index (χ1n) is 2.71. The molecule has 0 unspecified atom stereocenters. The zero-order chi connectivity index (χ0) is 7.56. The molecule has 1 N–H and O–H groups in total. The number of aliphatic hydroxyl groups excluding tert-OH is 1. The fourth-order valence-corrected chi connectivity index (χ4v) is 0.876. The number of hydrogen-bond donors (Lipinski definition) is 1. The van der Waals surface area contributed by atoms with Gasteiger partial charge in [0.25, 0.3) is 0 Å². The molecular weight excluding hydrogens is 171 g/mol. The Labute approximate surface area is 69.2 Å². The maximum absolute atomic E-state index is 8.62. The molecule has 0 heterocycles. The largest absolute Gasteiger partial charge is 0.392 e. The summed E-state index contributed by atoms with van der Waals surface area (Å²) < 4.78 is 0. The van der Waals surface area contributed by atoms with E-state index >= 15 is 0 Å². The predicted molar refractivity (Wildman–Crippen MR) is 41.2 cm³/mol. The van der Waals surface area contributed by atoms with Crippen molar-refractivity contribution in [3.05, 3.63) is 33.8 Å². The fourth-order valence-electron chi connectivity index (χ4n) is 0.581. The van der Waals surface area contributed by atoms with Gasteiger partial charge in [-0.1, -0.05) is 29.3 Å². The zero-order valence-electron chi connectivity index (χ0n) is 5.06. The number of halogens is 2. The molecule has 0 atom stereocenters. The predicted octanol–water partition coefficient (Wildman–Crippen LogP) is 2.29. The highest BCUT2D eigenvalue weighted by molar-refractivity contribution is 6.41. The minimum Gasteiger partial charge on any atom is -0.392 e. The van der Waals surface area contributed by atoms with Crippen molar-refractivity contribution in [1.82, 2.24) is 0 Å². The SMILES string of the molecule is OCc1[c]c(Cl)c(Cl)cc1. The lowest BCUT2D eigenvalue weighted by Crippen LogP contribution is -1.82. The van der Waals surface area contributed by atoms with Crippen LogP contribution in [-0.4, -0.2) is 5.11 Å². The lowest BCUT2D eigenvalue weighted by molar-refractivity contribution is 0.281. The zero-order valence-corrected chi connectivity index (χ0v) is 6.58. The second-order valence-corrected chi connectivity index (χ2v) is 2.59. The molecule has 0 aliphatic carbocycles. The molecule has 1 aromatic rings. The van der Waals surface area contributed by atoms with Gasteiger partial charge in [-0.25, -0.2) is 0 Å². The van der Waals surface area contributed by atoms with E-state index in [1.54, 1.807) is 12.1 Å². The Morgan fingerprint density at radius 3 is 2.60 bits per heavy atom. The van der Waals surface area contributed by atoms with E-state index in [9.17, 15) is 0 Å². The van der Waals surface area contributed by atoms with Crippen molar-refractivity contribution < 1.29 is 5.11 Å². The van der Waals surface area contributed by atoms with E-state index < -0.39 is 0 Å². The summed E-state index contributed by atoms with van der Waals surface area (Å²) in [6.07, 6.45) is 0. The summed E-state index contributed by atoms with van der Waals surface area (Å²) in [5, 5.41) is 9.43. The molecule has 0 bridgehead atoms. The van der Waals surface area contributed by atoms with E-state index in [2.05, 4.69) is 6.07 Å². The van der Waals surface area contributed by atoms with E-state index in [-0.39, 0.29) is 6.61 Å². The van der Waals surface area contributed by atoms with Gasteiger partial charge < -0.3 is 5.11 Å². The Balaban J connectivity index is 3.04. The number of benzene rings is 1. The van der Waals surface area contributed by atoms with Crippen LogP contribution in [0.5, 0.6) is 0 Å². The van der Waals surface area contributed by atoms with Gasteiger partial charge >= 0.3 is 0 Å². The third-order valence-corrected chi connectivity index (χ3v) is 1.79. The van der Waals surface area contributed by atoms with Crippen LogP contribution in [0.4, 0.5) is 0 Å². The van der Waals surface area contributed by atoms with Crippen LogP contribution >= 0.6 is 23.2 Å². The van der Waals surface area contributed by atoms with Crippen molar-refractivity contribution in [2.24, 2.45) is 0 Å². The molecule has 1 rings (SSSR count). The number of aliphatic hydroxyl groups is 1. The first-order valence-corrected chi connectivity index (χ1v) is 3.46. The molecule has 0 fully saturated rings. The molecule has 53 valence electrons. The van der Waals surface area contributed by atoms with Crippen LogP contribution < -0.4 is 0 Å². The molecule has 0 aliphatic heterocycles. The molecule has 0 aliphatic rings. The van der Waals surface area contributed by atoms with Crippen LogP contribution in [0, 0.1) is 6.07 Å². The Hall–Kier alpha value is -0.240. The first-order chi connectivity index (χ1) is 4.74. The molecule has 1 radical (unpaired) electrons. The third kappa shape index (κ3) is 1.63. The highest BCUT2D eigenvalue weighted by atomic mass is 35.5. The minimum absolute atomic E-state index is 0.0586. The maximum Gasteiger partial charge on any atom is 0.0688 e. The van der Waals surface area contributed by atoms with Crippen LogP contribution in [-0.2, 0) is 6.61 Å². The van der Waals surface area contributed by atoms with Gasteiger partial charge in [-0.3, -0.25) is 0 Å². The quantitative estimate of drug-likeness (QED) is 0.695. The second kappa shape index (κ2) is 3.24. The molecule has 3 heteroatoms. The Bertz CT molecular complexity index is 235. The average Bonchev–Trinajstić information content (AvgIpc) is 1.95. The summed E-state index contributed by atoms with van der Waals surface area (Å²) in [5.74, 6) is 0. The van der Waals surface area contributed by atoms with Gasteiger partial charge in [-0.05, 0) is 11.6 Å². The van der Waals surface area contributed by atoms with Crippen molar-refractivity contribution in [2.45, 2.75) is 6.61 Å². The van der Waals surface area contributed by atoms with Crippen LogP contribution in [0.1, 0.15) is 5.56 Å². The van der Waals surface area contributed by atoms with Crippen molar-refractivity contribution in [3.8, 4) is 0 Å². The molecule has 0 aromatic heterocycles. The lowest BCUT2D eigenvalue weighted by Gasteiger charge is -1.96. The molecular formula is C7H5Cl2O. The molecule has 0 saturated carbocycles. The number of hydrogen-bond acceptors (Lipinski definition) is 1. The molecule has 0 amide bonds. The van der Waals surface area contributed by atoms with Crippen LogP contribution in [0.25, 0.3) is 0 Å². The van der Waals surface area contributed by atoms with Gasteiger partial charge in [0.1, 0.15) is 0 Å². The molecule has 1 aromatic carbocycles. The Morgan fingerprint density at radius 1 is 1.40 bits per heavy atom. The maximum atomic E-state index is 8.62. The number of rotatable bonds is 1.